The van der Waals surface area contributed by atoms with Crippen molar-refractivity contribution in [2.45, 2.75) is 44.6 Å². The molecule has 0 aromatic carbocycles. The van der Waals surface area contributed by atoms with Crippen molar-refractivity contribution in [2.24, 2.45) is 5.92 Å². The van der Waals surface area contributed by atoms with Crippen molar-refractivity contribution in [1.29, 1.82) is 5.26 Å². The molecule has 0 amide bonds. The van der Waals surface area contributed by atoms with E-state index < -0.39 is 0 Å². The molecule has 1 aromatic rings. The van der Waals surface area contributed by atoms with E-state index in [-0.39, 0.29) is 0 Å². The maximum atomic E-state index is 9.21. The first kappa shape index (κ1) is 11.5. The van der Waals surface area contributed by atoms with Gasteiger partial charge in [-0.3, -0.25) is 0 Å². The van der Waals surface area contributed by atoms with Crippen LogP contribution in [0.1, 0.15) is 44.1 Å². The molecule has 1 unspecified atom stereocenters. The molecule has 3 heteroatoms. The van der Waals surface area contributed by atoms with E-state index in [0.717, 1.165) is 23.8 Å². The molecule has 0 spiro atoms. The first-order valence-electron chi connectivity index (χ1n) is 7.02. The van der Waals surface area contributed by atoms with Gasteiger partial charge in [0.2, 0.25) is 0 Å². The smallest absolute Gasteiger partial charge is 0.146 e. The maximum Gasteiger partial charge on any atom is 0.146 e. The van der Waals surface area contributed by atoms with Crippen LogP contribution in [0.3, 0.4) is 0 Å². The van der Waals surface area contributed by atoms with Crippen LogP contribution in [-0.4, -0.2) is 17.6 Å². The van der Waals surface area contributed by atoms with Gasteiger partial charge in [-0.2, -0.15) is 5.26 Å². The topological polar surface area (TPSA) is 39.9 Å². The molecule has 1 saturated carbocycles. The Morgan fingerprint density at radius 2 is 2.06 bits per heavy atom. The second-order valence-corrected chi connectivity index (χ2v) is 5.43. The Morgan fingerprint density at radius 3 is 2.83 bits per heavy atom. The van der Waals surface area contributed by atoms with E-state index in [2.05, 4.69) is 16.0 Å². The van der Waals surface area contributed by atoms with Gasteiger partial charge >= 0.3 is 0 Å². The molecule has 1 atom stereocenters. The van der Waals surface area contributed by atoms with Gasteiger partial charge in [-0.05, 0) is 43.7 Å². The zero-order chi connectivity index (χ0) is 12.4. The fourth-order valence-electron chi connectivity index (χ4n) is 3.60. The van der Waals surface area contributed by atoms with E-state index in [1.807, 2.05) is 12.1 Å². The highest BCUT2D eigenvalue weighted by Crippen LogP contribution is 2.37. The molecule has 2 heterocycles. The number of hydrogen-bond acceptors (Lipinski definition) is 3. The summed E-state index contributed by atoms with van der Waals surface area (Å²) >= 11 is 0. The second kappa shape index (κ2) is 4.97. The number of aromatic nitrogens is 1. The molecular weight excluding hydrogens is 222 g/mol. The zero-order valence-electron chi connectivity index (χ0n) is 10.7. The second-order valence-electron chi connectivity index (χ2n) is 5.43. The minimum Gasteiger partial charge on any atom is -0.352 e. The first-order valence-corrected chi connectivity index (χ1v) is 7.02. The molecule has 0 N–H and O–H groups in total. The fourth-order valence-corrected chi connectivity index (χ4v) is 3.60. The lowest BCUT2D eigenvalue weighted by atomic mass is 9.96. The largest absolute Gasteiger partial charge is 0.352 e. The van der Waals surface area contributed by atoms with Gasteiger partial charge in [-0.1, -0.05) is 12.8 Å². The molecule has 0 bridgehead atoms. The van der Waals surface area contributed by atoms with Crippen LogP contribution in [0, 0.1) is 17.2 Å². The van der Waals surface area contributed by atoms with Crippen LogP contribution in [-0.2, 0) is 0 Å². The van der Waals surface area contributed by atoms with E-state index in [0.29, 0.717) is 6.04 Å². The van der Waals surface area contributed by atoms with E-state index in [1.54, 1.807) is 6.20 Å². The lowest BCUT2D eigenvalue weighted by molar-refractivity contribution is 0.429. The summed E-state index contributed by atoms with van der Waals surface area (Å²) in [6.07, 6.45) is 9.78. The van der Waals surface area contributed by atoms with Crippen LogP contribution in [0.4, 0.5) is 5.82 Å². The molecule has 3 nitrogen and oxygen atoms in total. The van der Waals surface area contributed by atoms with Crippen LogP contribution in [0.25, 0.3) is 0 Å². The Balaban J connectivity index is 1.88. The summed E-state index contributed by atoms with van der Waals surface area (Å²) in [5.41, 5.74) is 0.724. The van der Waals surface area contributed by atoms with Gasteiger partial charge < -0.3 is 4.90 Å². The molecule has 2 aliphatic rings. The highest BCUT2D eigenvalue weighted by molar-refractivity contribution is 5.54. The van der Waals surface area contributed by atoms with Gasteiger partial charge in [0.25, 0.3) is 0 Å². The van der Waals surface area contributed by atoms with Crippen LogP contribution in [0.2, 0.25) is 0 Å². The average molecular weight is 241 g/mol. The summed E-state index contributed by atoms with van der Waals surface area (Å²) in [5, 5.41) is 9.21. The predicted molar refractivity (Wildman–Crippen MR) is 71.3 cm³/mol. The molecule has 94 valence electrons. The van der Waals surface area contributed by atoms with E-state index in [1.165, 1.54) is 38.5 Å². The number of rotatable bonds is 2. The van der Waals surface area contributed by atoms with Crippen molar-refractivity contribution in [3.63, 3.8) is 0 Å². The third kappa shape index (κ3) is 1.96. The molecule has 1 aliphatic heterocycles. The number of hydrogen-bond donors (Lipinski definition) is 0. The molecule has 1 saturated heterocycles. The zero-order valence-corrected chi connectivity index (χ0v) is 10.7. The number of nitriles is 1. The molecule has 2 fully saturated rings. The first-order chi connectivity index (χ1) is 8.90. The molecular formula is C15H19N3. The summed E-state index contributed by atoms with van der Waals surface area (Å²) in [5.74, 6) is 1.73. The Morgan fingerprint density at radius 1 is 1.22 bits per heavy atom. The molecule has 3 rings (SSSR count). The van der Waals surface area contributed by atoms with Crippen molar-refractivity contribution in [3.8, 4) is 6.07 Å². The molecule has 1 aliphatic carbocycles. The number of anilines is 1. The predicted octanol–water partition coefficient (Wildman–Crippen LogP) is 3.11. The van der Waals surface area contributed by atoms with Gasteiger partial charge in [-0.25, -0.2) is 4.98 Å². The normalized spacial score (nSPS) is 24.4. The van der Waals surface area contributed by atoms with Gasteiger partial charge in [0.1, 0.15) is 11.9 Å². The summed E-state index contributed by atoms with van der Waals surface area (Å²) in [6, 6.07) is 6.63. The monoisotopic (exact) mass is 241 g/mol. The summed E-state index contributed by atoms with van der Waals surface area (Å²) in [7, 11) is 0. The number of pyridine rings is 1. The average Bonchev–Trinajstić information content (AvgIpc) is 3.09. The quantitative estimate of drug-likeness (QED) is 0.798. The molecule has 18 heavy (non-hydrogen) atoms. The Bertz CT molecular complexity index is 457. The number of nitrogens with zero attached hydrogens (tertiary/aromatic N) is 3. The highest BCUT2D eigenvalue weighted by atomic mass is 15.2. The van der Waals surface area contributed by atoms with Crippen LogP contribution in [0.15, 0.2) is 18.3 Å². The van der Waals surface area contributed by atoms with Gasteiger partial charge in [-0.15, -0.1) is 0 Å². The standard InChI is InChI=1S/C15H19N3/c16-11-13-7-3-9-17-15(13)18-10-4-8-14(18)12-5-1-2-6-12/h3,7,9,12,14H,1-2,4-6,8,10H2. The molecule has 0 radical (unpaired) electrons. The fraction of sp³-hybridized carbons (Fsp3) is 0.600. The highest BCUT2D eigenvalue weighted by Gasteiger charge is 2.34. The summed E-state index contributed by atoms with van der Waals surface area (Å²) in [6.45, 7) is 1.06. The Hall–Kier alpha value is -1.56. The van der Waals surface area contributed by atoms with Crippen molar-refractivity contribution >= 4 is 5.82 Å². The summed E-state index contributed by atoms with van der Waals surface area (Å²) < 4.78 is 0. The van der Waals surface area contributed by atoms with Crippen LogP contribution < -0.4 is 4.90 Å². The Labute approximate surface area is 108 Å². The van der Waals surface area contributed by atoms with Gasteiger partial charge in [0, 0.05) is 18.8 Å². The van der Waals surface area contributed by atoms with Crippen LogP contribution >= 0.6 is 0 Å². The van der Waals surface area contributed by atoms with Crippen molar-refractivity contribution in [2.75, 3.05) is 11.4 Å². The van der Waals surface area contributed by atoms with Gasteiger partial charge in [0.15, 0.2) is 0 Å². The minimum atomic E-state index is 0.620. The third-order valence-corrected chi connectivity index (χ3v) is 4.42. The molecule has 1 aromatic heterocycles. The van der Waals surface area contributed by atoms with Crippen molar-refractivity contribution in [3.05, 3.63) is 23.9 Å². The van der Waals surface area contributed by atoms with Gasteiger partial charge in [0.05, 0.1) is 5.56 Å². The van der Waals surface area contributed by atoms with E-state index in [4.69, 9.17) is 0 Å². The van der Waals surface area contributed by atoms with E-state index in [9.17, 15) is 5.26 Å². The lowest BCUT2D eigenvalue weighted by Crippen LogP contribution is -2.35. The Kier molecular flexibility index (Phi) is 3.19. The lowest BCUT2D eigenvalue weighted by Gasteiger charge is -2.30. The van der Waals surface area contributed by atoms with E-state index >= 15 is 0 Å². The van der Waals surface area contributed by atoms with Crippen LogP contribution in [0.5, 0.6) is 0 Å². The minimum absolute atomic E-state index is 0.620. The maximum absolute atomic E-state index is 9.21. The summed E-state index contributed by atoms with van der Waals surface area (Å²) in [4.78, 5) is 6.85. The van der Waals surface area contributed by atoms with Crippen molar-refractivity contribution < 1.29 is 0 Å². The third-order valence-electron chi connectivity index (χ3n) is 4.42. The van der Waals surface area contributed by atoms with Crippen molar-refractivity contribution in [1.82, 2.24) is 4.98 Å². The SMILES string of the molecule is N#Cc1cccnc1N1CCCC1C1CCCC1.